The van der Waals surface area contributed by atoms with Crippen LogP contribution in [0.2, 0.25) is 5.02 Å². The van der Waals surface area contributed by atoms with E-state index in [1.54, 1.807) is 0 Å². The highest BCUT2D eigenvalue weighted by Crippen LogP contribution is 2.47. The zero-order valence-corrected chi connectivity index (χ0v) is 13.5. The highest BCUT2D eigenvalue weighted by Gasteiger charge is 2.40. The molecule has 0 aliphatic heterocycles. The van der Waals surface area contributed by atoms with Gasteiger partial charge in [-0.25, -0.2) is 0 Å². The largest absolute Gasteiger partial charge is 0.388 e. The van der Waals surface area contributed by atoms with Crippen molar-refractivity contribution in [1.82, 2.24) is 0 Å². The van der Waals surface area contributed by atoms with Gasteiger partial charge in [0.1, 0.15) is 0 Å². The maximum Gasteiger partial charge on any atom is 0.0858 e. The average molecular weight is 347 g/mol. The SMILES string of the molecule is CC1CCCC(CN)(C(O)c2ccc(Br)c(Cl)c2)C1. The zero-order chi connectivity index (χ0) is 14.0. The van der Waals surface area contributed by atoms with Crippen molar-refractivity contribution in [1.29, 1.82) is 0 Å². The van der Waals surface area contributed by atoms with Gasteiger partial charge >= 0.3 is 0 Å². The van der Waals surface area contributed by atoms with E-state index in [2.05, 4.69) is 22.9 Å². The molecule has 0 heterocycles. The van der Waals surface area contributed by atoms with Crippen molar-refractivity contribution in [2.75, 3.05) is 6.54 Å². The lowest BCUT2D eigenvalue weighted by Crippen LogP contribution is -2.40. The first-order valence-electron chi connectivity index (χ1n) is 6.81. The topological polar surface area (TPSA) is 46.2 Å². The number of hydrogen-bond acceptors (Lipinski definition) is 2. The van der Waals surface area contributed by atoms with Crippen LogP contribution in [-0.2, 0) is 0 Å². The van der Waals surface area contributed by atoms with Gasteiger partial charge in [-0.3, -0.25) is 0 Å². The first kappa shape index (κ1) is 15.3. The molecular formula is C15H21BrClNO. The van der Waals surface area contributed by atoms with Crippen molar-refractivity contribution in [3.05, 3.63) is 33.3 Å². The Bertz CT molecular complexity index is 454. The van der Waals surface area contributed by atoms with Crippen LogP contribution in [0.25, 0.3) is 0 Å². The number of halogens is 2. The number of hydrogen-bond donors (Lipinski definition) is 2. The van der Waals surface area contributed by atoms with Gasteiger partial charge in [-0.1, -0.05) is 37.4 Å². The van der Waals surface area contributed by atoms with Crippen LogP contribution in [0.3, 0.4) is 0 Å². The summed E-state index contributed by atoms with van der Waals surface area (Å²) in [6, 6.07) is 5.65. The Labute approximate surface area is 128 Å². The second-order valence-corrected chi connectivity index (χ2v) is 7.11. The van der Waals surface area contributed by atoms with Gasteiger partial charge in [-0.05, 0) is 52.4 Å². The van der Waals surface area contributed by atoms with Crippen molar-refractivity contribution in [3.8, 4) is 0 Å². The van der Waals surface area contributed by atoms with Crippen LogP contribution in [0.4, 0.5) is 0 Å². The van der Waals surface area contributed by atoms with Gasteiger partial charge in [0.25, 0.3) is 0 Å². The lowest BCUT2D eigenvalue weighted by Gasteiger charge is -2.43. The second-order valence-electron chi connectivity index (χ2n) is 5.84. The van der Waals surface area contributed by atoms with Crippen molar-refractivity contribution < 1.29 is 5.11 Å². The van der Waals surface area contributed by atoms with Gasteiger partial charge in [0.2, 0.25) is 0 Å². The van der Waals surface area contributed by atoms with Crippen molar-refractivity contribution >= 4 is 27.5 Å². The smallest absolute Gasteiger partial charge is 0.0858 e. The molecule has 1 aliphatic carbocycles. The standard InChI is InChI=1S/C15H21BrClNO/c1-10-3-2-6-15(8-10,9-18)14(19)11-4-5-12(16)13(17)7-11/h4-5,7,10,14,19H,2-3,6,8-9,18H2,1H3. The van der Waals surface area contributed by atoms with E-state index in [0.29, 0.717) is 17.5 Å². The normalized spacial score (nSPS) is 29.2. The van der Waals surface area contributed by atoms with Crippen LogP contribution < -0.4 is 5.73 Å². The highest BCUT2D eigenvalue weighted by atomic mass is 79.9. The summed E-state index contributed by atoms with van der Waals surface area (Å²) in [5.41, 5.74) is 6.67. The lowest BCUT2D eigenvalue weighted by molar-refractivity contribution is -0.0130. The summed E-state index contributed by atoms with van der Waals surface area (Å²) >= 11 is 9.50. The third kappa shape index (κ3) is 3.15. The third-order valence-electron chi connectivity index (χ3n) is 4.37. The van der Waals surface area contributed by atoms with Crippen LogP contribution >= 0.6 is 27.5 Å². The quantitative estimate of drug-likeness (QED) is 0.857. The monoisotopic (exact) mass is 345 g/mol. The van der Waals surface area contributed by atoms with Crippen LogP contribution in [0, 0.1) is 11.3 Å². The van der Waals surface area contributed by atoms with E-state index in [-0.39, 0.29) is 5.41 Å². The van der Waals surface area contributed by atoms with E-state index in [9.17, 15) is 5.11 Å². The summed E-state index contributed by atoms with van der Waals surface area (Å²) in [6.45, 7) is 2.76. The molecule has 3 N–H and O–H groups in total. The summed E-state index contributed by atoms with van der Waals surface area (Å²) < 4.78 is 0.851. The fourth-order valence-corrected chi connectivity index (χ4v) is 3.72. The molecule has 3 atom stereocenters. The first-order valence-corrected chi connectivity index (χ1v) is 7.99. The number of aliphatic hydroxyl groups is 1. The van der Waals surface area contributed by atoms with Crippen LogP contribution in [-0.4, -0.2) is 11.7 Å². The Kier molecular flexibility index (Phi) is 4.93. The summed E-state index contributed by atoms with van der Waals surface area (Å²) in [4.78, 5) is 0. The van der Waals surface area contributed by atoms with Crippen LogP contribution in [0.15, 0.2) is 22.7 Å². The summed E-state index contributed by atoms with van der Waals surface area (Å²) in [6.07, 6.45) is 3.81. The summed E-state index contributed by atoms with van der Waals surface area (Å²) in [7, 11) is 0. The number of benzene rings is 1. The molecule has 1 aliphatic rings. The Morgan fingerprint density at radius 2 is 2.32 bits per heavy atom. The molecule has 0 radical (unpaired) electrons. The fourth-order valence-electron chi connectivity index (χ4n) is 3.28. The van der Waals surface area contributed by atoms with Crippen molar-refractivity contribution in [2.45, 2.75) is 38.7 Å². The molecule has 2 rings (SSSR count). The number of nitrogens with two attached hydrogens (primary N) is 1. The Balaban J connectivity index is 2.29. The Morgan fingerprint density at radius 3 is 2.89 bits per heavy atom. The van der Waals surface area contributed by atoms with Gasteiger partial charge < -0.3 is 10.8 Å². The minimum Gasteiger partial charge on any atom is -0.388 e. The number of aliphatic hydroxyl groups excluding tert-OH is 1. The molecule has 19 heavy (non-hydrogen) atoms. The fraction of sp³-hybridized carbons (Fsp3) is 0.600. The minimum absolute atomic E-state index is 0.200. The second kappa shape index (κ2) is 6.13. The molecule has 0 saturated heterocycles. The molecule has 0 aromatic heterocycles. The molecule has 1 aromatic carbocycles. The summed E-state index contributed by atoms with van der Waals surface area (Å²) in [5, 5.41) is 11.4. The van der Waals surface area contributed by atoms with Crippen LogP contribution in [0.5, 0.6) is 0 Å². The Hall–Kier alpha value is -0.0900. The third-order valence-corrected chi connectivity index (χ3v) is 5.61. The lowest BCUT2D eigenvalue weighted by atomic mass is 9.65. The van der Waals surface area contributed by atoms with Crippen molar-refractivity contribution in [2.24, 2.45) is 17.1 Å². The van der Waals surface area contributed by atoms with E-state index in [1.807, 2.05) is 18.2 Å². The van der Waals surface area contributed by atoms with E-state index in [4.69, 9.17) is 17.3 Å². The Morgan fingerprint density at radius 1 is 1.58 bits per heavy atom. The molecule has 1 fully saturated rings. The van der Waals surface area contributed by atoms with Gasteiger partial charge in [0.05, 0.1) is 11.1 Å². The predicted molar refractivity (Wildman–Crippen MR) is 83.2 cm³/mol. The van der Waals surface area contributed by atoms with Crippen LogP contribution in [0.1, 0.15) is 44.3 Å². The van der Waals surface area contributed by atoms with E-state index in [1.165, 1.54) is 6.42 Å². The number of rotatable bonds is 3. The zero-order valence-electron chi connectivity index (χ0n) is 11.2. The maximum atomic E-state index is 10.8. The molecule has 3 unspecified atom stereocenters. The first-order chi connectivity index (χ1) is 8.98. The molecule has 0 spiro atoms. The summed E-state index contributed by atoms with van der Waals surface area (Å²) in [5.74, 6) is 0.623. The van der Waals surface area contributed by atoms with E-state index >= 15 is 0 Å². The maximum absolute atomic E-state index is 10.8. The highest BCUT2D eigenvalue weighted by molar-refractivity contribution is 9.10. The molecular weight excluding hydrogens is 326 g/mol. The average Bonchev–Trinajstić information content (AvgIpc) is 2.41. The molecule has 0 bridgehead atoms. The van der Waals surface area contributed by atoms with Gasteiger partial charge in [-0.15, -0.1) is 0 Å². The molecule has 1 saturated carbocycles. The van der Waals surface area contributed by atoms with Gasteiger partial charge in [-0.2, -0.15) is 0 Å². The van der Waals surface area contributed by atoms with Gasteiger partial charge in [0, 0.05) is 16.4 Å². The van der Waals surface area contributed by atoms with Gasteiger partial charge in [0.15, 0.2) is 0 Å². The molecule has 2 nitrogen and oxygen atoms in total. The van der Waals surface area contributed by atoms with Crippen molar-refractivity contribution in [3.63, 3.8) is 0 Å². The minimum atomic E-state index is -0.536. The molecule has 4 heteroatoms. The van der Waals surface area contributed by atoms with E-state index in [0.717, 1.165) is 29.3 Å². The molecule has 106 valence electrons. The van der Waals surface area contributed by atoms with E-state index < -0.39 is 6.10 Å². The predicted octanol–water partition coefficient (Wildman–Crippen LogP) is 4.29. The molecule has 1 aromatic rings. The molecule has 0 amide bonds.